The molecule has 0 amide bonds. The van der Waals surface area contributed by atoms with Crippen LogP contribution in [-0.4, -0.2) is 5.11 Å². The van der Waals surface area contributed by atoms with E-state index in [1.807, 2.05) is 0 Å². The Balaban J connectivity index is 2.39. The molecule has 1 N–H and O–H groups in total. The van der Waals surface area contributed by atoms with Gasteiger partial charge in [-0.25, -0.2) is 4.39 Å². The van der Waals surface area contributed by atoms with Crippen LogP contribution in [0.1, 0.15) is 5.56 Å². The number of ether oxygens (including phenoxy) is 1. The summed E-state index contributed by atoms with van der Waals surface area (Å²) in [5.41, 5.74) is 0.329. The fourth-order valence-corrected chi connectivity index (χ4v) is 2.30. The fourth-order valence-electron chi connectivity index (χ4n) is 1.47. The number of benzene rings is 2. The Morgan fingerprint density at radius 3 is 2.53 bits per heavy atom. The van der Waals surface area contributed by atoms with Crippen LogP contribution < -0.4 is 4.74 Å². The molecule has 2 rings (SSSR count). The number of rotatable bonds is 3. The van der Waals surface area contributed by atoms with Crippen molar-refractivity contribution in [3.63, 3.8) is 0 Å². The van der Waals surface area contributed by atoms with Crippen LogP contribution in [0.3, 0.4) is 0 Å². The van der Waals surface area contributed by atoms with Crippen molar-refractivity contribution in [2.75, 3.05) is 0 Å². The lowest BCUT2D eigenvalue weighted by Gasteiger charge is -2.12. The molecule has 0 fully saturated rings. The van der Waals surface area contributed by atoms with E-state index in [0.717, 1.165) is 0 Å². The smallest absolute Gasteiger partial charge is 0.147 e. The molecule has 2 aromatic rings. The standard InChI is InChI=1S/C13H8BrCl2FO2/c14-9-4-11(16)13(5-10(9)15)19-12-2-1-8(17)3-7(12)6-18/h1-5,18H,6H2. The minimum atomic E-state index is -0.448. The summed E-state index contributed by atoms with van der Waals surface area (Å²) in [6.45, 7) is -0.338. The second kappa shape index (κ2) is 6.09. The molecule has 0 aliphatic rings. The summed E-state index contributed by atoms with van der Waals surface area (Å²) in [6.07, 6.45) is 0. The third-order valence-corrected chi connectivity index (χ3v) is 3.88. The van der Waals surface area contributed by atoms with Gasteiger partial charge in [-0.15, -0.1) is 0 Å². The van der Waals surface area contributed by atoms with Crippen molar-refractivity contribution < 1.29 is 14.2 Å². The quantitative estimate of drug-likeness (QED) is 0.759. The Morgan fingerprint density at radius 2 is 1.84 bits per heavy atom. The maximum Gasteiger partial charge on any atom is 0.147 e. The molecule has 2 aromatic carbocycles. The van der Waals surface area contributed by atoms with Crippen molar-refractivity contribution in [1.82, 2.24) is 0 Å². The lowest BCUT2D eigenvalue weighted by molar-refractivity contribution is 0.276. The van der Waals surface area contributed by atoms with Crippen LogP contribution in [-0.2, 0) is 6.61 Å². The van der Waals surface area contributed by atoms with Gasteiger partial charge in [-0.2, -0.15) is 0 Å². The molecule has 0 heterocycles. The second-order valence-corrected chi connectivity index (χ2v) is 5.38. The highest BCUT2D eigenvalue weighted by molar-refractivity contribution is 9.10. The number of halogens is 4. The van der Waals surface area contributed by atoms with Gasteiger partial charge < -0.3 is 9.84 Å². The van der Waals surface area contributed by atoms with Gasteiger partial charge in [-0.3, -0.25) is 0 Å². The van der Waals surface area contributed by atoms with Gasteiger partial charge in [0.1, 0.15) is 17.3 Å². The lowest BCUT2D eigenvalue weighted by atomic mass is 10.2. The number of hydrogen-bond acceptors (Lipinski definition) is 2. The third-order valence-electron chi connectivity index (χ3n) is 2.39. The zero-order valence-electron chi connectivity index (χ0n) is 9.46. The van der Waals surface area contributed by atoms with E-state index >= 15 is 0 Å². The highest BCUT2D eigenvalue weighted by Gasteiger charge is 2.11. The van der Waals surface area contributed by atoms with Gasteiger partial charge in [-0.05, 0) is 40.2 Å². The Morgan fingerprint density at radius 1 is 1.11 bits per heavy atom. The van der Waals surface area contributed by atoms with Gasteiger partial charge in [-0.1, -0.05) is 23.2 Å². The van der Waals surface area contributed by atoms with Gasteiger partial charge in [0.25, 0.3) is 0 Å². The number of hydrogen-bond donors (Lipinski definition) is 1. The highest BCUT2D eigenvalue weighted by atomic mass is 79.9. The SMILES string of the molecule is OCc1cc(F)ccc1Oc1cc(Cl)c(Br)cc1Cl. The molecule has 0 saturated carbocycles. The molecule has 2 nitrogen and oxygen atoms in total. The molecule has 19 heavy (non-hydrogen) atoms. The van der Waals surface area contributed by atoms with E-state index in [9.17, 15) is 9.50 Å². The van der Waals surface area contributed by atoms with Crippen molar-refractivity contribution in [1.29, 1.82) is 0 Å². The van der Waals surface area contributed by atoms with Crippen molar-refractivity contribution >= 4 is 39.1 Å². The maximum atomic E-state index is 13.0. The van der Waals surface area contributed by atoms with Crippen molar-refractivity contribution in [3.8, 4) is 11.5 Å². The molecule has 0 unspecified atom stereocenters. The monoisotopic (exact) mass is 364 g/mol. The average molecular weight is 366 g/mol. The zero-order valence-corrected chi connectivity index (χ0v) is 12.6. The van der Waals surface area contributed by atoms with Crippen LogP contribution in [0, 0.1) is 5.82 Å². The van der Waals surface area contributed by atoms with E-state index in [4.69, 9.17) is 27.9 Å². The predicted octanol–water partition coefficient (Wildman–Crippen LogP) is 5.18. The minimum absolute atomic E-state index is 0.323. The molecule has 0 aromatic heterocycles. The first-order valence-corrected chi connectivity index (χ1v) is 6.78. The molecule has 6 heteroatoms. The Hall–Kier alpha value is -0.810. The van der Waals surface area contributed by atoms with E-state index in [-0.39, 0.29) is 6.61 Å². The Bertz CT molecular complexity index is 620. The molecular weight excluding hydrogens is 358 g/mol. The van der Waals surface area contributed by atoms with Crippen LogP contribution >= 0.6 is 39.1 Å². The molecule has 0 aliphatic carbocycles. The van der Waals surface area contributed by atoms with Crippen LogP contribution in [0.5, 0.6) is 11.5 Å². The molecule has 0 radical (unpaired) electrons. The normalized spacial score (nSPS) is 10.6. The third kappa shape index (κ3) is 3.39. The summed E-state index contributed by atoms with van der Waals surface area (Å²) < 4.78 is 19.3. The van der Waals surface area contributed by atoms with E-state index in [1.165, 1.54) is 18.2 Å². The van der Waals surface area contributed by atoms with Crippen LogP contribution in [0.25, 0.3) is 0 Å². The maximum absolute atomic E-state index is 13.0. The number of aliphatic hydroxyl groups excluding tert-OH is 1. The molecular formula is C13H8BrCl2FO2. The summed E-state index contributed by atoms with van der Waals surface area (Å²) in [7, 11) is 0. The second-order valence-electron chi connectivity index (χ2n) is 3.71. The largest absolute Gasteiger partial charge is 0.455 e. The van der Waals surface area contributed by atoms with E-state index in [1.54, 1.807) is 12.1 Å². The molecule has 100 valence electrons. The molecule has 0 aliphatic heterocycles. The van der Waals surface area contributed by atoms with Crippen LogP contribution in [0.4, 0.5) is 4.39 Å². The first kappa shape index (κ1) is 14.6. The lowest BCUT2D eigenvalue weighted by Crippen LogP contribution is -1.93. The van der Waals surface area contributed by atoms with Crippen molar-refractivity contribution in [2.24, 2.45) is 0 Å². The summed E-state index contributed by atoms with van der Waals surface area (Å²) >= 11 is 15.2. The van der Waals surface area contributed by atoms with Crippen LogP contribution in [0.2, 0.25) is 10.0 Å². The predicted molar refractivity (Wildman–Crippen MR) is 76.6 cm³/mol. The first-order chi connectivity index (χ1) is 9.01. The fraction of sp³-hybridized carbons (Fsp3) is 0.0769. The van der Waals surface area contributed by atoms with E-state index in [2.05, 4.69) is 15.9 Å². The van der Waals surface area contributed by atoms with E-state index < -0.39 is 5.82 Å². The molecule has 0 bridgehead atoms. The molecule has 0 saturated heterocycles. The van der Waals surface area contributed by atoms with E-state index in [0.29, 0.717) is 31.6 Å². The van der Waals surface area contributed by atoms with Crippen molar-refractivity contribution in [2.45, 2.75) is 6.61 Å². The van der Waals surface area contributed by atoms with Crippen molar-refractivity contribution in [3.05, 3.63) is 56.2 Å². The summed E-state index contributed by atoms with van der Waals surface area (Å²) in [4.78, 5) is 0. The number of aliphatic hydroxyl groups is 1. The zero-order chi connectivity index (χ0) is 14.0. The van der Waals surface area contributed by atoms with Gasteiger partial charge in [0.05, 0.1) is 16.7 Å². The topological polar surface area (TPSA) is 29.5 Å². The van der Waals surface area contributed by atoms with Crippen LogP contribution in [0.15, 0.2) is 34.8 Å². The minimum Gasteiger partial charge on any atom is -0.455 e. The first-order valence-electron chi connectivity index (χ1n) is 5.23. The highest BCUT2D eigenvalue weighted by Crippen LogP contribution is 2.37. The van der Waals surface area contributed by atoms with Gasteiger partial charge in [0.15, 0.2) is 0 Å². The molecule has 0 atom stereocenters. The Labute approximate surface area is 127 Å². The summed E-state index contributed by atoms with van der Waals surface area (Å²) in [6, 6.07) is 7.00. The summed E-state index contributed by atoms with van der Waals surface area (Å²) in [5.74, 6) is 0.205. The average Bonchev–Trinajstić information content (AvgIpc) is 2.37. The summed E-state index contributed by atoms with van der Waals surface area (Å²) in [5, 5.41) is 9.96. The molecule has 0 spiro atoms. The van der Waals surface area contributed by atoms with Gasteiger partial charge in [0.2, 0.25) is 0 Å². The van der Waals surface area contributed by atoms with Gasteiger partial charge >= 0.3 is 0 Å². The Kier molecular flexibility index (Phi) is 4.68. The van der Waals surface area contributed by atoms with Gasteiger partial charge in [0, 0.05) is 16.1 Å².